The minimum absolute atomic E-state index is 0.143. The Labute approximate surface area is 99.2 Å². The maximum atomic E-state index is 5.17. The molecule has 0 aliphatic carbocycles. The lowest BCUT2D eigenvalue weighted by Gasteiger charge is -2.30. The lowest BCUT2D eigenvalue weighted by Crippen LogP contribution is -2.50. The molecule has 0 aromatic carbocycles. The van der Waals surface area contributed by atoms with Gasteiger partial charge in [-0.1, -0.05) is 22.5 Å². The first-order valence-electron chi connectivity index (χ1n) is 5.00. The summed E-state index contributed by atoms with van der Waals surface area (Å²) >= 11 is 3.45. The van der Waals surface area contributed by atoms with Crippen molar-refractivity contribution < 1.29 is 4.84 Å². The second kappa shape index (κ2) is 6.15. The molecule has 4 nitrogen and oxygen atoms in total. The van der Waals surface area contributed by atoms with Gasteiger partial charge in [0.2, 0.25) is 0 Å². The van der Waals surface area contributed by atoms with Crippen LogP contribution in [0, 0.1) is 0 Å². The number of nitrogens with one attached hydrogen (secondary N) is 3. The first-order valence-corrected chi connectivity index (χ1v) is 6.12. The Morgan fingerprint density at radius 1 is 1.73 bits per heavy atom. The molecule has 1 unspecified atom stereocenters. The van der Waals surface area contributed by atoms with E-state index in [1.54, 1.807) is 0 Å². The zero-order chi connectivity index (χ0) is 11.3. The normalized spacial score (nSPS) is 21.1. The smallest absolute Gasteiger partial charge is 0.0987 e. The molecule has 0 saturated heterocycles. The van der Waals surface area contributed by atoms with Crippen molar-refractivity contribution in [1.82, 2.24) is 16.1 Å². The molecule has 0 fully saturated rings. The van der Waals surface area contributed by atoms with E-state index in [1.165, 1.54) is 0 Å². The van der Waals surface area contributed by atoms with Crippen LogP contribution in [0.4, 0.5) is 0 Å². The summed E-state index contributed by atoms with van der Waals surface area (Å²) in [4.78, 5) is 5.17. The molecule has 1 heterocycles. The monoisotopic (exact) mass is 275 g/mol. The van der Waals surface area contributed by atoms with E-state index in [4.69, 9.17) is 4.84 Å². The van der Waals surface area contributed by atoms with Crippen molar-refractivity contribution in [3.8, 4) is 0 Å². The summed E-state index contributed by atoms with van der Waals surface area (Å²) in [6.07, 6.45) is 0.143. The minimum Gasteiger partial charge on any atom is -0.367 e. The molecule has 1 rings (SSSR count). The number of rotatable bonds is 5. The summed E-state index contributed by atoms with van der Waals surface area (Å²) in [5.41, 5.74) is 6.14. The molecule has 0 aromatic heterocycles. The van der Waals surface area contributed by atoms with Crippen LogP contribution in [0.25, 0.3) is 0 Å². The highest BCUT2D eigenvalue weighted by atomic mass is 79.9. The third-order valence-electron chi connectivity index (χ3n) is 2.13. The largest absolute Gasteiger partial charge is 0.367 e. The zero-order valence-electron chi connectivity index (χ0n) is 9.19. The van der Waals surface area contributed by atoms with Crippen LogP contribution >= 0.6 is 15.9 Å². The van der Waals surface area contributed by atoms with Gasteiger partial charge >= 0.3 is 0 Å². The van der Waals surface area contributed by atoms with Crippen molar-refractivity contribution in [2.24, 2.45) is 0 Å². The Hall–Kier alpha value is -0.520. The van der Waals surface area contributed by atoms with Gasteiger partial charge < -0.3 is 5.32 Å². The SMILES string of the molecule is C=C(C)C1NCC(NOCC)=C(CBr)N1. The summed E-state index contributed by atoms with van der Waals surface area (Å²) < 4.78 is 0. The number of halogens is 1. The second-order valence-corrected chi connectivity index (χ2v) is 3.99. The molecule has 1 aliphatic rings. The highest BCUT2D eigenvalue weighted by Gasteiger charge is 2.18. The fourth-order valence-electron chi connectivity index (χ4n) is 1.30. The number of allylic oxidation sites excluding steroid dienone is 1. The Morgan fingerprint density at radius 3 is 3.00 bits per heavy atom. The van der Waals surface area contributed by atoms with Gasteiger partial charge in [-0.25, -0.2) is 0 Å². The van der Waals surface area contributed by atoms with Crippen molar-refractivity contribution in [1.29, 1.82) is 0 Å². The molecular formula is C10H18BrN3O. The number of hydrogen-bond donors (Lipinski definition) is 3. The van der Waals surface area contributed by atoms with Crippen LogP contribution in [0.1, 0.15) is 13.8 Å². The molecule has 0 amide bonds. The molecule has 0 radical (unpaired) electrons. The van der Waals surface area contributed by atoms with Crippen LogP contribution < -0.4 is 16.1 Å². The van der Waals surface area contributed by atoms with E-state index in [0.717, 1.165) is 28.8 Å². The van der Waals surface area contributed by atoms with Crippen molar-refractivity contribution in [2.45, 2.75) is 20.0 Å². The summed E-state index contributed by atoms with van der Waals surface area (Å²) in [6, 6.07) is 0. The Bertz CT molecular complexity index is 265. The van der Waals surface area contributed by atoms with E-state index in [9.17, 15) is 0 Å². The van der Waals surface area contributed by atoms with E-state index in [2.05, 4.69) is 38.6 Å². The molecule has 86 valence electrons. The second-order valence-electron chi connectivity index (χ2n) is 3.43. The summed E-state index contributed by atoms with van der Waals surface area (Å²) in [6.45, 7) is 9.26. The van der Waals surface area contributed by atoms with Gasteiger partial charge in [0.05, 0.1) is 18.5 Å². The maximum Gasteiger partial charge on any atom is 0.0987 e. The summed E-state index contributed by atoms with van der Waals surface area (Å²) in [7, 11) is 0. The average molecular weight is 276 g/mol. The molecule has 1 aliphatic heterocycles. The standard InChI is InChI=1S/C10H18BrN3O/c1-4-15-14-9-6-12-10(7(2)3)13-8(9)5-11/h10,12-14H,2,4-6H2,1,3H3. The third-order valence-corrected chi connectivity index (χ3v) is 2.69. The Kier molecular flexibility index (Phi) is 5.14. The van der Waals surface area contributed by atoms with Crippen molar-refractivity contribution >= 4 is 15.9 Å². The Morgan fingerprint density at radius 2 is 2.47 bits per heavy atom. The van der Waals surface area contributed by atoms with Crippen LogP contribution in [0.5, 0.6) is 0 Å². The lowest BCUT2D eigenvalue weighted by molar-refractivity contribution is 0.0691. The van der Waals surface area contributed by atoms with Crippen LogP contribution in [-0.4, -0.2) is 24.6 Å². The van der Waals surface area contributed by atoms with Gasteiger partial charge in [-0.15, -0.1) is 0 Å². The molecule has 0 saturated carbocycles. The van der Waals surface area contributed by atoms with Crippen LogP contribution in [-0.2, 0) is 4.84 Å². The van der Waals surface area contributed by atoms with Gasteiger partial charge in [0, 0.05) is 17.6 Å². The van der Waals surface area contributed by atoms with E-state index in [-0.39, 0.29) is 6.17 Å². The molecule has 3 N–H and O–H groups in total. The summed E-state index contributed by atoms with van der Waals surface area (Å²) in [5, 5.41) is 7.42. The fraction of sp³-hybridized carbons (Fsp3) is 0.600. The maximum absolute atomic E-state index is 5.17. The predicted molar refractivity (Wildman–Crippen MR) is 65.3 cm³/mol. The zero-order valence-corrected chi connectivity index (χ0v) is 10.8. The van der Waals surface area contributed by atoms with Crippen LogP contribution in [0.2, 0.25) is 0 Å². The minimum atomic E-state index is 0.143. The highest BCUT2D eigenvalue weighted by molar-refractivity contribution is 9.09. The molecule has 0 spiro atoms. The quantitative estimate of drug-likeness (QED) is 0.401. The Balaban J connectivity index is 2.63. The van der Waals surface area contributed by atoms with Gasteiger partial charge in [-0.3, -0.25) is 15.6 Å². The topological polar surface area (TPSA) is 45.3 Å². The van der Waals surface area contributed by atoms with E-state index in [0.29, 0.717) is 6.61 Å². The van der Waals surface area contributed by atoms with Gasteiger partial charge in [0.25, 0.3) is 0 Å². The molecule has 0 aromatic rings. The van der Waals surface area contributed by atoms with Crippen LogP contribution in [0.15, 0.2) is 23.5 Å². The summed E-state index contributed by atoms with van der Waals surface area (Å²) in [5.74, 6) is 0. The van der Waals surface area contributed by atoms with Gasteiger partial charge in [0.1, 0.15) is 0 Å². The first kappa shape index (κ1) is 12.5. The third kappa shape index (κ3) is 3.52. The lowest BCUT2D eigenvalue weighted by atomic mass is 10.2. The molecule has 5 heteroatoms. The van der Waals surface area contributed by atoms with Crippen molar-refractivity contribution in [3.63, 3.8) is 0 Å². The molecule has 1 atom stereocenters. The van der Waals surface area contributed by atoms with Gasteiger partial charge in [-0.05, 0) is 19.4 Å². The van der Waals surface area contributed by atoms with Gasteiger partial charge in [0.15, 0.2) is 0 Å². The van der Waals surface area contributed by atoms with Crippen LogP contribution in [0.3, 0.4) is 0 Å². The predicted octanol–water partition coefficient (Wildman–Crippen LogP) is 1.23. The van der Waals surface area contributed by atoms with Gasteiger partial charge in [-0.2, -0.15) is 0 Å². The van der Waals surface area contributed by atoms with E-state index >= 15 is 0 Å². The van der Waals surface area contributed by atoms with E-state index in [1.807, 2.05) is 13.8 Å². The molecule has 0 bridgehead atoms. The fourth-order valence-corrected chi connectivity index (χ4v) is 1.80. The number of hydroxylamine groups is 1. The first-order chi connectivity index (χ1) is 7.19. The number of alkyl halides is 1. The highest BCUT2D eigenvalue weighted by Crippen LogP contribution is 2.10. The van der Waals surface area contributed by atoms with Crippen molar-refractivity contribution in [3.05, 3.63) is 23.5 Å². The molecular weight excluding hydrogens is 258 g/mol. The van der Waals surface area contributed by atoms with Crippen molar-refractivity contribution in [2.75, 3.05) is 18.5 Å². The molecule has 15 heavy (non-hydrogen) atoms. The number of hydrogen-bond acceptors (Lipinski definition) is 4. The van der Waals surface area contributed by atoms with E-state index < -0.39 is 0 Å². The average Bonchev–Trinajstić information content (AvgIpc) is 2.25.